The summed E-state index contributed by atoms with van der Waals surface area (Å²) in [7, 11) is 0. The van der Waals surface area contributed by atoms with Crippen molar-refractivity contribution in [1.82, 2.24) is 0 Å². The van der Waals surface area contributed by atoms with Crippen molar-refractivity contribution in [3.63, 3.8) is 0 Å². The van der Waals surface area contributed by atoms with Crippen molar-refractivity contribution in [2.24, 2.45) is 0 Å². The van der Waals surface area contributed by atoms with E-state index in [4.69, 9.17) is 0 Å². The Bertz CT molecular complexity index is 1110. The molecule has 0 saturated heterocycles. The summed E-state index contributed by atoms with van der Waals surface area (Å²) in [5.41, 5.74) is 2.44. The summed E-state index contributed by atoms with van der Waals surface area (Å²) in [4.78, 5) is 24.8. The number of carboxylic acid groups (broad SMARTS) is 1. The van der Waals surface area contributed by atoms with Gasteiger partial charge in [-0.25, -0.2) is 13.6 Å². The zero-order chi connectivity index (χ0) is 20.0. The molecule has 0 radical (unpaired) electrons. The number of hydrogen-bond donors (Lipinski definition) is 2. The molecular formula is C21H15F2NO3S. The van der Waals surface area contributed by atoms with Crippen LogP contribution in [0.15, 0.2) is 42.5 Å². The Labute approximate surface area is 163 Å². The van der Waals surface area contributed by atoms with E-state index < -0.39 is 23.5 Å². The lowest BCUT2D eigenvalue weighted by Crippen LogP contribution is -2.23. The third kappa shape index (κ3) is 2.97. The fourth-order valence-corrected chi connectivity index (χ4v) is 4.71. The van der Waals surface area contributed by atoms with Crippen LogP contribution in [-0.2, 0) is 4.79 Å². The summed E-state index contributed by atoms with van der Waals surface area (Å²) >= 11 is 0.985. The van der Waals surface area contributed by atoms with Gasteiger partial charge < -0.3 is 10.4 Å². The lowest BCUT2D eigenvalue weighted by molar-refractivity contribution is -0.116. The maximum atomic E-state index is 14.4. The average Bonchev–Trinajstić information content (AvgIpc) is 3.04. The van der Waals surface area contributed by atoms with E-state index in [1.807, 2.05) is 19.1 Å². The van der Waals surface area contributed by atoms with Gasteiger partial charge in [-0.2, -0.15) is 0 Å². The molecule has 2 aromatic carbocycles. The van der Waals surface area contributed by atoms with Crippen LogP contribution in [-0.4, -0.2) is 17.0 Å². The van der Waals surface area contributed by atoms with Gasteiger partial charge in [-0.15, -0.1) is 11.3 Å². The van der Waals surface area contributed by atoms with E-state index in [0.717, 1.165) is 23.0 Å². The molecule has 28 heavy (non-hydrogen) atoms. The number of carbonyl (C=O) groups excluding carboxylic acids is 1. The molecule has 142 valence electrons. The van der Waals surface area contributed by atoms with Crippen molar-refractivity contribution < 1.29 is 23.5 Å². The molecule has 1 aliphatic heterocycles. The Morgan fingerprint density at radius 2 is 1.89 bits per heavy atom. The van der Waals surface area contributed by atoms with Gasteiger partial charge in [0.2, 0.25) is 5.91 Å². The maximum Gasteiger partial charge on any atom is 0.346 e. The fourth-order valence-electron chi connectivity index (χ4n) is 3.47. The zero-order valence-corrected chi connectivity index (χ0v) is 15.6. The first-order chi connectivity index (χ1) is 13.4. The quantitative estimate of drug-likeness (QED) is 0.638. The molecule has 0 saturated carbocycles. The molecule has 1 atom stereocenters. The minimum absolute atomic E-state index is 0.0461. The van der Waals surface area contributed by atoms with Crippen molar-refractivity contribution >= 4 is 28.9 Å². The van der Waals surface area contributed by atoms with E-state index >= 15 is 0 Å². The van der Waals surface area contributed by atoms with E-state index in [-0.39, 0.29) is 22.8 Å². The standard InChI is InChI=1S/C21H15F2NO3S/c1-10-5-7-11(8-6-10)16-18-19(28-20(16)21(26)27)13(9-15(25)24-18)12-3-2-4-14(22)17(12)23/h2-8,13H,9H2,1H3,(H,24,25)(H,26,27). The lowest BCUT2D eigenvalue weighted by atomic mass is 9.88. The predicted octanol–water partition coefficient (Wildman–Crippen LogP) is 5.17. The largest absolute Gasteiger partial charge is 0.477 e. The van der Waals surface area contributed by atoms with Crippen molar-refractivity contribution in [2.75, 3.05) is 5.32 Å². The Hall–Kier alpha value is -3.06. The van der Waals surface area contributed by atoms with Gasteiger partial charge in [-0.3, -0.25) is 4.79 Å². The van der Waals surface area contributed by atoms with Gasteiger partial charge in [0.05, 0.1) is 5.69 Å². The number of hydrogen-bond acceptors (Lipinski definition) is 3. The summed E-state index contributed by atoms with van der Waals surface area (Å²) in [5.74, 6) is -4.28. The van der Waals surface area contributed by atoms with Gasteiger partial charge in [0.25, 0.3) is 0 Å². The number of aryl methyl sites for hydroxylation is 1. The number of anilines is 1. The highest BCUT2D eigenvalue weighted by atomic mass is 32.1. The van der Waals surface area contributed by atoms with Gasteiger partial charge >= 0.3 is 5.97 Å². The second-order valence-electron chi connectivity index (χ2n) is 6.66. The molecule has 2 heterocycles. The van der Waals surface area contributed by atoms with Crippen molar-refractivity contribution in [3.05, 3.63) is 75.0 Å². The van der Waals surface area contributed by atoms with Crippen LogP contribution in [0.3, 0.4) is 0 Å². The first kappa shape index (κ1) is 18.3. The molecule has 1 aliphatic rings. The van der Waals surface area contributed by atoms with Crippen molar-refractivity contribution in [2.45, 2.75) is 19.3 Å². The molecule has 3 aromatic rings. The third-order valence-electron chi connectivity index (χ3n) is 4.80. The molecule has 0 spiro atoms. The van der Waals surface area contributed by atoms with E-state index in [1.54, 1.807) is 12.1 Å². The smallest absolute Gasteiger partial charge is 0.346 e. The van der Waals surface area contributed by atoms with Crippen molar-refractivity contribution in [1.29, 1.82) is 0 Å². The Morgan fingerprint density at radius 1 is 1.18 bits per heavy atom. The van der Waals surface area contributed by atoms with Crippen LogP contribution >= 0.6 is 11.3 Å². The van der Waals surface area contributed by atoms with Crippen LogP contribution in [0.2, 0.25) is 0 Å². The summed E-state index contributed by atoms with van der Waals surface area (Å²) in [6.07, 6.45) is -0.0831. The van der Waals surface area contributed by atoms with Gasteiger partial charge in [-0.05, 0) is 24.1 Å². The summed E-state index contributed by atoms with van der Waals surface area (Å²) in [5, 5.41) is 12.5. The summed E-state index contributed by atoms with van der Waals surface area (Å²) in [6, 6.07) is 11.1. The predicted molar refractivity (Wildman–Crippen MR) is 103 cm³/mol. The molecule has 4 nitrogen and oxygen atoms in total. The summed E-state index contributed by atoms with van der Waals surface area (Å²) < 4.78 is 28.2. The van der Waals surface area contributed by atoms with E-state index in [0.29, 0.717) is 21.7 Å². The van der Waals surface area contributed by atoms with Crippen LogP contribution in [0.5, 0.6) is 0 Å². The number of nitrogens with one attached hydrogen (secondary N) is 1. The van der Waals surface area contributed by atoms with Gasteiger partial charge in [0.1, 0.15) is 4.88 Å². The number of benzene rings is 2. The second kappa shape index (κ2) is 6.83. The van der Waals surface area contributed by atoms with Crippen LogP contribution in [0.25, 0.3) is 11.1 Å². The van der Waals surface area contributed by atoms with Crippen molar-refractivity contribution in [3.8, 4) is 11.1 Å². The zero-order valence-electron chi connectivity index (χ0n) is 14.8. The SMILES string of the molecule is Cc1ccc(-c2c(C(=O)O)sc3c2NC(=O)CC3c2cccc(F)c2F)cc1. The number of thiophene rings is 1. The van der Waals surface area contributed by atoms with Gasteiger partial charge in [0, 0.05) is 22.8 Å². The normalized spacial score (nSPS) is 15.8. The molecule has 0 fully saturated rings. The minimum Gasteiger partial charge on any atom is -0.477 e. The third-order valence-corrected chi connectivity index (χ3v) is 6.09. The van der Waals surface area contributed by atoms with Crippen LogP contribution in [0, 0.1) is 18.6 Å². The Morgan fingerprint density at radius 3 is 2.57 bits per heavy atom. The molecule has 2 N–H and O–H groups in total. The lowest BCUT2D eigenvalue weighted by Gasteiger charge is -2.24. The number of halogens is 2. The number of rotatable bonds is 3. The number of carbonyl (C=O) groups is 2. The highest BCUT2D eigenvalue weighted by molar-refractivity contribution is 7.15. The first-order valence-electron chi connectivity index (χ1n) is 8.57. The Balaban J connectivity index is 1.96. The number of carboxylic acids is 1. The second-order valence-corrected chi connectivity index (χ2v) is 7.72. The highest BCUT2D eigenvalue weighted by Crippen LogP contribution is 2.49. The molecule has 0 bridgehead atoms. The van der Waals surface area contributed by atoms with Crippen LogP contribution in [0.4, 0.5) is 14.5 Å². The molecule has 1 unspecified atom stereocenters. The van der Waals surface area contributed by atoms with E-state index in [2.05, 4.69) is 5.32 Å². The van der Waals surface area contributed by atoms with Gasteiger partial charge in [-0.1, -0.05) is 42.0 Å². The maximum absolute atomic E-state index is 14.4. The molecule has 0 aliphatic carbocycles. The van der Waals surface area contributed by atoms with Crippen LogP contribution in [0.1, 0.15) is 38.0 Å². The monoisotopic (exact) mass is 399 g/mol. The highest BCUT2D eigenvalue weighted by Gasteiger charge is 2.35. The molecule has 4 rings (SSSR count). The molecular weight excluding hydrogens is 384 g/mol. The minimum atomic E-state index is -1.14. The summed E-state index contributed by atoms with van der Waals surface area (Å²) in [6.45, 7) is 1.91. The fraction of sp³-hybridized carbons (Fsp3) is 0.143. The number of amides is 1. The Kier molecular flexibility index (Phi) is 4.47. The van der Waals surface area contributed by atoms with Gasteiger partial charge in [0.15, 0.2) is 11.6 Å². The molecule has 1 aromatic heterocycles. The number of aromatic carboxylic acids is 1. The number of fused-ring (bicyclic) bond motifs is 1. The average molecular weight is 399 g/mol. The molecule has 1 amide bonds. The van der Waals surface area contributed by atoms with E-state index in [9.17, 15) is 23.5 Å². The first-order valence-corrected chi connectivity index (χ1v) is 9.39. The topological polar surface area (TPSA) is 66.4 Å². The molecule has 7 heteroatoms. The van der Waals surface area contributed by atoms with E-state index in [1.165, 1.54) is 12.1 Å². The van der Waals surface area contributed by atoms with Crippen LogP contribution < -0.4 is 5.32 Å².